The van der Waals surface area contributed by atoms with Crippen LogP contribution < -0.4 is 16.4 Å². The number of alkyl carbamates (subject to hydrolysis) is 2. The number of nitrogens with zero attached hydrogens (tertiary/aromatic N) is 1. The first-order chi connectivity index (χ1) is 14.4. The van der Waals surface area contributed by atoms with Crippen LogP contribution in [0.15, 0.2) is 34.2 Å². The van der Waals surface area contributed by atoms with Gasteiger partial charge in [-0.3, -0.25) is 10.6 Å². The molecular formula is C20H34N4O7S. The molecule has 5 N–H and O–H groups in total. The van der Waals surface area contributed by atoms with Crippen LogP contribution in [0.2, 0.25) is 0 Å². The van der Waals surface area contributed by atoms with Crippen LogP contribution >= 0.6 is 0 Å². The maximum atomic E-state index is 11.7. The van der Waals surface area contributed by atoms with Gasteiger partial charge in [0.2, 0.25) is 5.96 Å². The summed E-state index contributed by atoms with van der Waals surface area (Å²) in [6.45, 7) is 13.1. The molecule has 0 spiro atoms. The van der Waals surface area contributed by atoms with E-state index in [0.717, 1.165) is 5.56 Å². The number of nitrogens with one attached hydrogen (secondary N) is 2. The van der Waals surface area contributed by atoms with Gasteiger partial charge in [0, 0.05) is 0 Å². The highest BCUT2D eigenvalue weighted by molar-refractivity contribution is 7.85. The van der Waals surface area contributed by atoms with Crippen LogP contribution in [0, 0.1) is 6.92 Å². The second-order valence-electron chi connectivity index (χ2n) is 8.60. The van der Waals surface area contributed by atoms with Crippen molar-refractivity contribution in [3.8, 4) is 0 Å². The largest absolute Gasteiger partial charge is 0.744 e. The van der Waals surface area contributed by atoms with E-state index in [1.54, 1.807) is 53.7 Å². The summed E-state index contributed by atoms with van der Waals surface area (Å²) in [6.07, 6.45) is -1.41. The van der Waals surface area contributed by atoms with Gasteiger partial charge in [-0.1, -0.05) is 17.7 Å². The van der Waals surface area contributed by atoms with Crippen molar-refractivity contribution >= 4 is 28.3 Å². The zero-order valence-electron chi connectivity index (χ0n) is 19.6. The Bertz CT molecular complexity index is 852. The van der Waals surface area contributed by atoms with E-state index >= 15 is 0 Å². The van der Waals surface area contributed by atoms with Gasteiger partial charge in [0.15, 0.2) is 0 Å². The number of ether oxygens (including phenoxy) is 2. The van der Waals surface area contributed by atoms with Crippen LogP contribution in [0.4, 0.5) is 9.59 Å². The second-order valence-corrected chi connectivity index (χ2v) is 9.98. The molecule has 0 radical (unpaired) electrons. The van der Waals surface area contributed by atoms with E-state index in [9.17, 15) is 22.6 Å². The normalized spacial score (nSPS) is 11.4. The summed E-state index contributed by atoms with van der Waals surface area (Å²) in [5.41, 5.74) is 3.28. The zero-order chi connectivity index (χ0) is 25.2. The predicted octanol–water partition coefficient (Wildman–Crippen LogP) is 1.53. The van der Waals surface area contributed by atoms with Crippen molar-refractivity contribution in [2.75, 3.05) is 13.1 Å². The summed E-state index contributed by atoms with van der Waals surface area (Å²) in [5.74, 6) is -0.0258. The number of benzene rings is 1. The predicted molar refractivity (Wildman–Crippen MR) is 118 cm³/mol. The molecule has 32 heavy (non-hydrogen) atoms. The lowest BCUT2D eigenvalue weighted by Crippen LogP contribution is -2.52. The molecule has 0 aliphatic heterocycles. The highest BCUT2D eigenvalue weighted by atomic mass is 32.2. The lowest BCUT2D eigenvalue weighted by molar-refractivity contribution is -0.363. The van der Waals surface area contributed by atoms with Gasteiger partial charge in [-0.05, 0) is 60.6 Å². The van der Waals surface area contributed by atoms with Gasteiger partial charge in [0.05, 0.1) is 18.0 Å². The zero-order valence-corrected chi connectivity index (χ0v) is 20.5. The van der Waals surface area contributed by atoms with Crippen LogP contribution in [-0.2, 0) is 19.6 Å². The summed E-state index contributed by atoms with van der Waals surface area (Å²) in [4.78, 5) is 27.2. The van der Waals surface area contributed by atoms with E-state index in [0.29, 0.717) is 13.1 Å². The number of quaternary nitrogens is 1. The molecule has 1 aromatic carbocycles. The number of amides is 2. The van der Waals surface area contributed by atoms with Crippen LogP contribution in [0.25, 0.3) is 0 Å². The SMILES string of the molecule is CC(C)(C)OC(=O)NC(=NCC[NH3+])NC(=O)OC(C)(C)C.Cc1ccc(S(=O)(=O)[O-])cc1. The molecule has 0 saturated carbocycles. The Morgan fingerprint density at radius 3 is 1.69 bits per heavy atom. The van der Waals surface area contributed by atoms with E-state index in [2.05, 4.69) is 21.4 Å². The highest BCUT2D eigenvalue weighted by Gasteiger charge is 2.21. The molecule has 0 aliphatic carbocycles. The van der Waals surface area contributed by atoms with Gasteiger partial charge < -0.3 is 19.8 Å². The van der Waals surface area contributed by atoms with Crippen molar-refractivity contribution in [3.63, 3.8) is 0 Å². The standard InChI is InChI=1S/C13H26N4O4.C7H8O3S/c1-12(2,3)20-10(18)16-9(15-8-7-14)17-11(19)21-13(4,5)6;1-6-2-4-7(5-3-6)11(8,9)10/h7-8,14H2,1-6H3,(H2,15,16,17,18,19);2-5H,1H3,(H,8,9,10). The number of rotatable bonds is 3. The minimum absolute atomic E-state index is 0.0258. The average molecular weight is 475 g/mol. The number of carbonyl (C=O) groups excluding carboxylic acids is 2. The first-order valence-corrected chi connectivity index (χ1v) is 11.2. The van der Waals surface area contributed by atoms with Crippen molar-refractivity contribution in [3.05, 3.63) is 29.8 Å². The van der Waals surface area contributed by atoms with E-state index in [1.807, 2.05) is 6.92 Å². The molecule has 0 bridgehead atoms. The van der Waals surface area contributed by atoms with Gasteiger partial charge in [-0.25, -0.2) is 23.0 Å². The fraction of sp³-hybridized carbons (Fsp3) is 0.550. The minimum Gasteiger partial charge on any atom is -0.744 e. The Labute approximate surface area is 189 Å². The number of carbonyl (C=O) groups is 2. The number of aliphatic imine (C=N–C) groups is 1. The van der Waals surface area contributed by atoms with Gasteiger partial charge in [-0.2, -0.15) is 0 Å². The van der Waals surface area contributed by atoms with Crippen LogP contribution in [-0.4, -0.2) is 55.4 Å². The molecule has 0 aromatic heterocycles. The maximum Gasteiger partial charge on any atom is 0.414 e. The Balaban J connectivity index is 0.000000726. The van der Waals surface area contributed by atoms with Gasteiger partial charge in [0.25, 0.3) is 0 Å². The fourth-order valence-corrected chi connectivity index (χ4v) is 2.28. The molecule has 12 heteroatoms. The number of hydrogen-bond donors (Lipinski definition) is 3. The molecule has 1 rings (SSSR count). The van der Waals surface area contributed by atoms with Crippen LogP contribution in [0.1, 0.15) is 47.1 Å². The van der Waals surface area contributed by atoms with Crippen molar-refractivity contribution in [1.82, 2.24) is 10.6 Å². The lowest BCUT2D eigenvalue weighted by Gasteiger charge is -2.22. The molecule has 0 unspecified atom stereocenters. The van der Waals surface area contributed by atoms with E-state index in [4.69, 9.17) is 9.47 Å². The summed E-state index contributed by atoms with van der Waals surface area (Å²) >= 11 is 0. The van der Waals surface area contributed by atoms with Gasteiger partial charge in [0.1, 0.15) is 21.3 Å². The summed E-state index contributed by atoms with van der Waals surface area (Å²) in [6, 6.07) is 5.78. The maximum absolute atomic E-state index is 11.7. The number of aryl methyl sites for hydroxylation is 1. The lowest BCUT2D eigenvalue weighted by atomic mass is 10.2. The third kappa shape index (κ3) is 15.2. The quantitative estimate of drug-likeness (QED) is 0.338. The molecule has 1 aromatic rings. The number of hydrogen-bond acceptors (Lipinski definition) is 8. The molecule has 0 fully saturated rings. The Hall–Kier alpha value is -2.70. The van der Waals surface area contributed by atoms with E-state index < -0.39 is 33.5 Å². The van der Waals surface area contributed by atoms with Crippen LogP contribution in [0.3, 0.4) is 0 Å². The molecule has 0 saturated heterocycles. The molecule has 182 valence electrons. The average Bonchev–Trinajstić information content (AvgIpc) is 2.56. The first kappa shape index (κ1) is 29.3. The molecule has 0 heterocycles. The minimum atomic E-state index is -4.27. The Morgan fingerprint density at radius 2 is 1.38 bits per heavy atom. The molecular weight excluding hydrogens is 440 g/mol. The smallest absolute Gasteiger partial charge is 0.414 e. The third-order valence-corrected chi connectivity index (χ3v) is 3.83. The van der Waals surface area contributed by atoms with Gasteiger partial charge >= 0.3 is 12.2 Å². The monoisotopic (exact) mass is 474 g/mol. The van der Waals surface area contributed by atoms with Gasteiger partial charge in [-0.15, -0.1) is 0 Å². The molecule has 0 aliphatic rings. The topological polar surface area (TPSA) is 174 Å². The van der Waals surface area contributed by atoms with E-state index in [-0.39, 0.29) is 10.9 Å². The summed E-state index contributed by atoms with van der Waals surface area (Å²) in [7, 11) is -4.27. The first-order valence-electron chi connectivity index (χ1n) is 9.79. The molecule has 11 nitrogen and oxygen atoms in total. The van der Waals surface area contributed by atoms with Crippen molar-refractivity contribution in [1.29, 1.82) is 0 Å². The second kappa shape index (κ2) is 12.4. The molecule has 0 atom stereocenters. The van der Waals surface area contributed by atoms with Crippen molar-refractivity contribution in [2.24, 2.45) is 4.99 Å². The number of guanidine groups is 1. The Morgan fingerprint density at radius 1 is 0.969 bits per heavy atom. The van der Waals surface area contributed by atoms with E-state index in [1.165, 1.54) is 12.1 Å². The van der Waals surface area contributed by atoms with Crippen molar-refractivity contribution in [2.45, 2.75) is 64.6 Å². The highest BCUT2D eigenvalue weighted by Crippen LogP contribution is 2.09. The summed E-state index contributed by atoms with van der Waals surface area (Å²) < 4.78 is 41.3. The summed E-state index contributed by atoms with van der Waals surface area (Å²) in [5, 5.41) is 4.75. The fourth-order valence-electron chi connectivity index (χ4n) is 1.81. The third-order valence-electron chi connectivity index (χ3n) is 2.98. The Kier molecular flexibility index (Phi) is 11.3. The van der Waals surface area contributed by atoms with Crippen LogP contribution in [0.5, 0.6) is 0 Å². The molecule has 2 amide bonds. The van der Waals surface area contributed by atoms with Crippen molar-refractivity contribution < 1.29 is 37.8 Å².